The van der Waals surface area contributed by atoms with E-state index in [4.69, 9.17) is 9.84 Å². The van der Waals surface area contributed by atoms with Gasteiger partial charge >= 0.3 is 0 Å². The highest BCUT2D eigenvalue weighted by Crippen LogP contribution is 2.52. The summed E-state index contributed by atoms with van der Waals surface area (Å²) in [5.74, 6) is 1.46. The molecular formula is C44H32N6O. The van der Waals surface area contributed by atoms with Gasteiger partial charge in [-0.25, -0.2) is 14.6 Å². The predicted octanol–water partition coefficient (Wildman–Crippen LogP) is 10.8. The van der Waals surface area contributed by atoms with Crippen LogP contribution in [0.5, 0.6) is 11.5 Å². The lowest BCUT2D eigenvalue weighted by atomic mass is 9.73. The highest BCUT2D eigenvalue weighted by molar-refractivity contribution is 6.11. The smallest absolute Gasteiger partial charge is 0.146 e. The molecule has 0 unspecified atom stereocenters. The van der Waals surface area contributed by atoms with E-state index in [0.29, 0.717) is 0 Å². The van der Waals surface area contributed by atoms with E-state index in [1.165, 1.54) is 22.5 Å². The Hall–Kier alpha value is -6.73. The van der Waals surface area contributed by atoms with Crippen molar-refractivity contribution in [2.45, 2.75) is 19.3 Å². The van der Waals surface area contributed by atoms with Crippen molar-refractivity contribution in [2.24, 2.45) is 0 Å². The van der Waals surface area contributed by atoms with Gasteiger partial charge in [-0.15, -0.1) is 0 Å². The van der Waals surface area contributed by atoms with E-state index in [2.05, 4.69) is 126 Å². The molecule has 0 saturated heterocycles. The molecule has 1 aliphatic rings. The number of pyridine rings is 2. The average Bonchev–Trinajstić information content (AvgIpc) is 3.88. The summed E-state index contributed by atoms with van der Waals surface area (Å²) < 4.78 is 10.4. The third-order valence-corrected chi connectivity index (χ3v) is 10.1. The van der Waals surface area contributed by atoms with Crippen molar-refractivity contribution >= 4 is 44.5 Å². The van der Waals surface area contributed by atoms with Crippen LogP contribution in [0.15, 0.2) is 158 Å². The lowest BCUT2D eigenvalue weighted by Crippen LogP contribution is -2.30. The Morgan fingerprint density at radius 2 is 1.33 bits per heavy atom. The number of anilines is 3. The molecule has 9 aromatic rings. The summed E-state index contributed by atoms with van der Waals surface area (Å²) in [4.78, 5) is 11.6. The van der Waals surface area contributed by atoms with Crippen molar-refractivity contribution in [3.8, 4) is 28.4 Å². The van der Waals surface area contributed by atoms with Crippen LogP contribution in [0, 0.1) is 0 Å². The first-order valence-corrected chi connectivity index (χ1v) is 17.1. The predicted molar refractivity (Wildman–Crippen MR) is 204 cm³/mol. The van der Waals surface area contributed by atoms with Gasteiger partial charge in [-0.3, -0.25) is 4.40 Å². The van der Waals surface area contributed by atoms with Crippen molar-refractivity contribution in [3.63, 3.8) is 0 Å². The van der Waals surface area contributed by atoms with Gasteiger partial charge in [-0.2, -0.15) is 5.10 Å². The van der Waals surface area contributed by atoms with Gasteiger partial charge in [-0.05, 0) is 95.4 Å². The number of ether oxygens (including phenoxy) is 1. The molecule has 10 rings (SSSR count). The van der Waals surface area contributed by atoms with Crippen molar-refractivity contribution in [3.05, 3.63) is 169 Å². The number of hydrogen-bond acceptors (Lipinski definition) is 5. The molecule has 0 amide bonds. The Balaban J connectivity index is 0.980. The monoisotopic (exact) mass is 660 g/mol. The molecule has 0 N–H and O–H groups in total. The van der Waals surface area contributed by atoms with E-state index in [9.17, 15) is 0 Å². The maximum absolute atomic E-state index is 6.44. The SMILES string of the molecule is CC1(C)c2ccccc2N(c2ccccc2)c2ccc(-c3ccn(-c4cccc(Oc5ccc6c7cccnc7n7ccnc7c6c5)c4)n3)cc21. The number of imidazole rings is 1. The lowest BCUT2D eigenvalue weighted by Gasteiger charge is -2.42. The van der Waals surface area contributed by atoms with Crippen LogP contribution < -0.4 is 9.64 Å². The van der Waals surface area contributed by atoms with Gasteiger partial charge in [0.1, 0.15) is 22.8 Å². The standard InChI is InChI=1S/C44H32N6O/c1-44(2)37-15-6-7-16-40(37)50(30-10-4-3-5-11-30)41-20-17-29(26-38(41)44)39-21-24-49(47-39)31-12-8-13-32(27-31)51-33-18-19-34-35-14-9-22-45-42(35)48-25-23-46-43(48)36(34)28-33/h3-28H,1-2H3. The van der Waals surface area contributed by atoms with Crippen molar-refractivity contribution in [2.75, 3.05) is 4.90 Å². The van der Waals surface area contributed by atoms with Gasteiger partial charge in [0.2, 0.25) is 0 Å². The molecule has 0 fully saturated rings. The van der Waals surface area contributed by atoms with E-state index in [-0.39, 0.29) is 5.41 Å². The molecule has 5 aromatic carbocycles. The number of aromatic nitrogens is 5. The minimum absolute atomic E-state index is 0.197. The van der Waals surface area contributed by atoms with Gasteiger partial charge in [0.15, 0.2) is 0 Å². The van der Waals surface area contributed by atoms with Crippen molar-refractivity contribution < 1.29 is 4.74 Å². The van der Waals surface area contributed by atoms with E-state index < -0.39 is 0 Å². The Bertz CT molecular complexity index is 2780. The van der Waals surface area contributed by atoms with Crippen LogP contribution in [-0.4, -0.2) is 24.1 Å². The largest absolute Gasteiger partial charge is 0.457 e. The average molecular weight is 661 g/mol. The zero-order chi connectivity index (χ0) is 34.1. The van der Waals surface area contributed by atoms with Gasteiger partial charge < -0.3 is 9.64 Å². The maximum atomic E-state index is 6.44. The summed E-state index contributed by atoms with van der Waals surface area (Å²) >= 11 is 0. The number of para-hydroxylation sites is 2. The van der Waals surface area contributed by atoms with E-state index in [0.717, 1.165) is 61.6 Å². The van der Waals surface area contributed by atoms with E-state index in [1.54, 1.807) is 0 Å². The third kappa shape index (κ3) is 4.62. The molecule has 7 heteroatoms. The van der Waals surface area contributed by atoms with Crippen molar-refractivity contribution in [1.82, 2.24) is 24.1 Å². The molecule has 51 heavy (non-hydrogen) atoms. The van der Waals surface area contributed by atoms with Crippen LogP contribution in [0.4, 0.5) is 17.1 Å². The molecule has 0 atom stereocenters. The first-order chi connectivity index (χ1) is 25.0. The number of fused-ring (bicyclic) bond motifs is 8. The number of nitrogens with zero attached hydrogens (tertiary/aromatic N) is 6. The fraction of sp³-hybridized carbons (Fsp3) is 0.0682. The molecule has 4 aromatic heterocycles. The second kappa shape index (κ2) is 11.1. The molecule has 0 radical (unpaired) electrons. The Morgan fingerprint density at radius 3 is 2.25 bits per heavy atom. The van der Waals surface area contributed by atoms with Gasteiger partial charge in [-0.1, -0.05) is 62.4 Å². The minimum atomic E-state index is -0.197. The minimum Gasteiger partial charge on any atom is -0.457 e. The van der Waals surface area contributed by atoms with Crippen LogP contribution in [0.2, 0.25) is 0 Å². The molecule has 0 saturated carbocycles. The van der Waals surface area contributed by atoms with Gasteiger partial charge in [0.05, 0.1) is 22.8 Å². The van der Waals surface area contributed by atoms with Crippen LogP contribution in [-0.2, 0) is 5.41 Å². The molecule has 0 bridgehead atoms. The normalized spacial score (nSPS) is 13.4. The Kier molecular flexibility index (Phi) is 6.39. The van der Waals surface area contributed by atoms with E-state index >= 15 is 0 Å². The first-order valence-electron chi connectivity index (χ1n) is 17.1. The highest BCUT2D eigenvalue weighted by Gasteiger charge is 2.37. The lowest BCUT2D eigenvalue weighted by molar-refractivity contribution is 0.483. The fourth-order valence-corrected chi connectivity index (χ4v) is 7.64. The number of rotatable bonds is 5. The summed E-state index contributed by atoms with van der Waals surface area (Å²) in [6.07, 6.45) is 7.58. The molecule has 5 heterocycles. The molecule has 0 aliphatic carbocycles. The summed E-state index contributed by atoms with van der Waals surface area (Å²) in [5.41, 5.74) is 10.5. The van der Waals surface area contributed by atoms with Gasteiger partial charge in [0, 0.05) is 58.3 Å². The van der Waals surface area contributed by atoms with Crippen LogP contribution in [0.3, 0.4) is 0 Å². The summed E-state index contributed by atoms with van der Waals surface area (Å²) in [5, 5.41) is 8.21. The molecular weight excluding hydrogens is 629 g/mol. The molecule has 7 nitrogen and oxygen atoms in total. The van der Waals surface area contributed by atoms with Crippen LogP contribution in [0.1, 0.15) is 25.0 Å². The molecule has 1 aliphatic heterocycles. The zero-order valence-corrected chi connectivity index (χ0v) is 28.1. The summed E-state index contributed by atoms with van der Waals surface area (Å²) in [6.45, 7) is 4.63. The van der Waals surface area contributed by atoms with Gasteiger partial charge in [0.25, 0.3) is 0 Å². The Morgan fingerprint density at radius 1 is 0.549 bits per heavy atom. The number of benzene rings is 5. The quantitative estimate of drug-likeness (QED) is 0.172. The second-order valence-corrected chi connectivity index (χ2v) is 13.5. The molecule has 244 valence electrons. The third-order valence-electron chi connectivity index (χ3n) is 10.1. The topological polar surface area (TPSA) is 60.5 Å². The zero-order valence-electron chi connectivity index (χ0n) is 28.1. The van der Waals surface area contributed by atoms with Crippen LogP contribution >= 0.6 is 0 Å². The summed E-state index contributed by atoms with van der Waals surface area (Å²) in [6, 6.07) is 46.3. The highest BCUT2D eigenvalue weighted by atomic mass is 16.5. The maximum Gasteiger partial charge on any atom is 0.146 e. The summed E-state index contributed by atoms with van der Waals surface area (Å²) in [7, 11) is 0. The van der Waals surface area contributed by atoms with Crippen LogP contribution in [0.25, 0.3) is 44.4 Å². The second-order valence-electron chi connectivity index (χ2n) is 13.5. The van der Waals surface area contributed by atoms with E-state index in [1.807, 2.05) is 70.3 Å². The Labute approximate surface area is 294 Å². The van der Waals surface area contributed by atoms with Crippen molar-refractivity contribution in [1.29, 1.82) is 0 Å². The number of hydrogen-bond donors (Lipinski definition) is 0. The molecule has 0 spiro atoms. The fourth-order valence-electron chi connectivity index (χ4n) is 7.64. The first kappa shape index (κ1) is 29.2.